The molecule has 0 aromatic heterocycles. The smallest absolute Gasteiger partial charge is 0.389 e. The summed E-state index contributed by atoms with van der Waals surface area (Å²) in [4.78, 5) is 16.7. The fraction of sp³-hybridized carbons (Fsp3) is 0.308. The highest BCUT2D eigenvalue weighted by Crippen LogP contribution is 2.24. The number of hydrogen-bond donors (Lipinski definition) is 1. The number of amides is 1. The van der Waals surface area contributed by atoms with Gasteiger partial charge >= 0.3 is 6.20 Å². The molecule has 1 N–H and O–H groups in total. The maximum Gasteiger partial charge on any atom is 0.389 e. The van der Waals surface area contributed by atoms with Gasteiger partial charge in [0.2, 0.25) is 11.2 Å². The Morgan fingerprint density at radius 3 is 2.83 bits per heavy atom. The van der Waals surface area contributed by atoms with Gasteiger partial charge in [-0.2, -0.15) is 0 Å². The zero-order chi connectivity index (χ0) is 13.0. The molecule has 0 saturated carbocycles. The Kier molecular flexibility index (Phi) is 3.58. The minimum atomic E-state index is -0.395. The van der Waals surface area contributed by atoms with Gasteiger partial charge in [0.1, 0.15) is 0 Å². The maximum atomic E-state index is 12.3. The van der Waals surface area contributed by atoms with Crippen molar-refractivity contribution in [3.8, 4) is 0 Å². The molecule has 1 aliphatic heterocycles. The van der Waals surface area contributed by atoms with E-state index in [1.165, 1.54) is 0 Å². The van der Waals surface area contributed by atoms with Crippen molar-refractivity contribution in [3.05, 3.63) is 52.8 Å². The first-order valence-corrected chi connectivity index (χ1v) is 5.83. The Morgan fingerprint density at radius 2 is 2.17 bits per heavy atom. The van der Waals surface area contributed by atoms with E-state index in [-0.39, 0.29) is 11.7 Å². The van der Waals surface area contributed by atoms with Crippen molar-refractivity contribution < 1.29 is 9.90 Å². The van der Waals surface area contributed by atoms with Crippen LogP contribution in [-0.2, 0) is 0 Å². The Bertz CT molecular complexity index is 505. The molecule has 5 nitrogen and oxygen atoms in total. The number of nitrogens with zero attached hydrogens (tertiary/aromatic N) is 3. The molecule has 1 aromatic carbocycles. The first-order chi connectivity index (χ1) is 8.74. The molecule has 1 unspecified atom stereocenters. The van der Waals surface area contributed by atoms with E-state index in [9.17, 15) is 9.90 Å². The fourth-order valence-corrected chi connectivity index (χ4v) is 2.21. The van der Waals surface area contributed by atoms with Crippen molar-refractivity contribution in [1.29, 1.82) is 5.39 Å². The minimum Gasteiger partial charge on any atom is -0.504 e. The lowest BCUT2D eigenvalue weighted by Crippen LogP contribution is -2.36. The number of aliphatic hydroxyl groups excluding tert-OH is 1. The van der Waals surface area contributed by atoms with Gasteiger partial charge < -0.3 is 10.0 Å². The number of likely N-dealkylation sites (tertiary alicyclic amines) is 1. The number of carbonyl (C=O) groups excluding carboxylic acids is 1. The van der Waals surface area contributed by atoms with Crippen molar-refractivity contribution in [2.24, 2.45) is 0 Å². The van der Waals surface area contributed by atoms with Crippen LogP contribution in [0.25, 0.3) is 4.98 Å². The number of diazo groups is 1. The van der Waals surface area contributed by atoms with Gasteiger partial charge in [0.05, 0.1) is 6.04 Å². The van der Waals surface area contributed by atoms with Crippen LogP contribution in [0.5, 0.6) is 0 Å². The van der Waals surface area contributed by atoms with E-state index in [2.05, 4.69) is 4.98 Å². The molecule has 0 spiro atoms. The van der Waals surface area contributed by atoms with E-state index in [0.29, 0.717) is 18.5 Å². The van der Waals surface area contributed by atoms with E-state index >= 15 is 0 Å². The average molecular weight is 244 g/mol. The summed E-state index contributed by atoms with van der Waals surface area (Å²) in [5.41, 5.74) is 0.595. The van der Waals surface area contributed by atoms with E-state index in [1.807, 2.05) is 6.07 Å². The van der Waals surface area contributed by atoms with Gasteiger partial charge in [0, 0.05) is 12.1 Å². The molecule has 0 bridgehead atoms. The summed E-state index contributed by atoms with van der Waals surface area (Å²) in [5.74, 6) is -0.199. The van der Waals surface area contributed by atoms with Gasteiger partial charge in [0.25, 0.3) is 5.91 Å². The number of carbonyl (C=O) groups is 1. The summed E-state index contributed by atoms with van der Waals surface area (Å²) in [6.07, 6.45) is 2.48. The van der Waals surface area contributed by atoms with Gasteiger partial charge in [-0.05, 0) is 25.0 Å². The van der Waals surface area contributed by atoms with E-state index in [0.717, 1.165) is 12.6 Å². The van der Waals surface area contributed by atoms with E-state index < -0.39 is 6.04 Å². The van der Waals surface area contributed by atoms with Crippen LogP contribution < -0.4 is 0 Å². The van der Waals surface area contributed by atoms with Crippen LogP contribution in [0.15, 0.2) is 42.3 Å². The summed E-state index contributed by atoms with van der Waals surface area (Å²) in [7, 11) is 0. The Hall–Kier alpha value is -2.35. The van der Waals surface area contributed by atoms with Gasteiger partial charge in [-0.15, -0.1) is 0 Å². The number of aliphatic hydroxyl groups is 1. The molecule has 1 aromatic rings. The standard InChI is InChI=1S/C13H13N3O2/c14-15-9-12(17)11-7-4-8-16(11)13(18)10-5-2-1-3-6-10/h1-3,5-6,9,11H,4,7-8H2/p+1. The van der Waals surface area contributed by atoms with Crippen LogP contribution in [0.2, 0.25) is 0 Å². The summed E-state index contributed by atoms with van der Waals surface area (Å²) < 4.78 is 0. The molecule has 1 atom stereocenters. The molecular weight excluding hydrogens is 230 g/mol. The number of hydrogen-bond acceptors (Lipinski definition) is 3. The van der Waals surface area contributed by atoms with Crippen LogP contribution in [0.3, 0.4) is 0 Å². The largest absolute Gasteiger partial charge is 0.504 e. The monoisotopic (exact) mass is 244 g/mol. The quantitative estimate of drug-likeness (QED) is 0.642. The summed E-state index contributed by atoms with van der Waals surface area (Å²) in [5, 5.41) is 18.2. The summed E-state index contributed by atoms with van der Waals surface area (Å²) in [6, 6.07) is 8.55. The van der Waals surface area contributed by atoms with Gasteiger partial charge in [-0.25, -0.2) is 0 Å². The third kappa shape index (κ3) is 2.33. The van der Waals surface area contributed by atoms with Crippen LogP contribution in [0.1, 0.15) is 23.2 Å². The highest BCUT2D eigenvalue weighted by Gasteiger charge is 2.33. The molecule has 0 aliphatic carbocycles. The van der Waals surface area contributed by atoms with Gasteiger partial charge in [-0.3, -0.25) is 4.79 Å². The van der Waals surface area contributed by atoms with E-state index in [4.69, 9.17) is 5.39 Å². The van der Waals surface area contributed by atoms with E-state index in [1.54, 1.807) is 29.2 Å². The highest BCUT2D eigenvalue weighted by atomic mass is 16.3. The SMILES string of the molecule is N#[N+]C=C(O)C1CCCN1C(=O)c1ccccc1. The summed E-state index contributed by atoms with van der Waals surface area (Å²) in [6.45, 7) is 0.599. The van der Waals surface area contributed by atoms with Crippen molar-refractivity contribution in [3.63, 3.8) is 0 Å². The molecule has 18 heavy (non-hydrogen) atoms. The first kappa shape index (κ1) is 12.1. The summed E-state index contributed by atoms with van der Waals surface area (Å²) >= 11 is 0. The third-order valence-corrected chi connectivity index (χ3v) is 3.07. The number of benzene rings is 1. The second kappa shape index (κ2) is 5.32. The van der Waals surface area contributed by atoms with Crippen LogP contribution in [0.4, 0.5) is 0 Å². The minimum absolute atomic E-state index is 0.0840. The van der Waals surface area contributed by atoms with Gasteiger partial charge in [-0.1, -0.05) is 18.2 Å². The van der Waals surface area contributed by atoms with Crippen molar-refractivity contribution >= 4 is 5.91 Å². The molecular formula is C13H14N3O2+. The molecule has 0 radical (unpaired) electrons. The molecule has 5 heteroatoms. The number of rotatable bonds is 2. The topological polar surface area (TPSA) is 68.7 Å². The zero-order valence-corrected chi connectivity index (χ0v) is 9.86. The van der Waals surface area contributed by atoms with Crippen LogP contribution in [0, 0.1) is 5.39 Å². The van der Waals surface area contributed by atoms with Crippen molar-refractivity contribution in [2.75, 3.05) is 6.54 Å². The van der Waals surface area contributed by atoms with Crippen LogP contribution in [-0.4, -0.2) is 28.5 Å². The fourth-order valence-electron chi connectivity index (χ4n) is 2.21. The molecule has 2 rings (SSSR count). The lowest BCUT2D eigenvalue weighted by atomic mass is 10.1. The second-order valence-electron chi connectivity index (χ2n) is 4.19. The first-order valence-electron chi connectivity index (χ1n) is 5.83. The van der Waals surface area contributed by atoms with Crippen molar-refractivity contribution in [2.45, 2.75) is 18.9 Å². The highest BCUT2D eigenvalue weighted by molar-refractivity contribution is 5.94. The third-order valence-electron chi connectivity index (χ3n) is 3.07. The normalized spacial score (nSPS) is 19.6. The molecule has 1 amide bonds. The van der Waals surface area contributed by atoms with Crippen LogP contribution >= 0.6 is 0 Å². The predicted octanol–water partition coefficient (Wildman–Crippen LogP) is 2.54. The molecule has 1 saturated heterocycles. The molecule has 1 heterocycles. The molecule has 1 fully saturated rings. The molecule has 1 aliphatic rings. The second-order valence-corrected chi connectivity index (χ2v) is 4.19. The maximum absolute atomic E-state index is 12.3. The Balaban J connectivity index is 2.21. The Morgan fingerprint density at radius 1 is 1.44 bits per heavy atom. The Labute approximate surface area is 105 Å². The lowest BCUT2D eigenvalue weighted by molar-refractivity contribution is 0.0729. The molecule has 92 valence electrons. The zero-order valence-electron chi connectivity index (χ0n) is 9.86. The predicted molar refractivity (Wildman–Crippen MR) is 66.3 cm³/mol. The average Bonchev–Trinajstić information content (AvgIpc) is 2.88. The lowest BCUT2D eigenvalue weighted by Gasteiger charge is -2.22. The van der Waals surface area contributed by atoms with Gasteiger partial charge in [0.15, 0.2) is 4.98 Å². The van der Waals surface area contributed by atoms with Crippen molar-refractivity contribution in [1.82, 2.24) is 4.90 Å².